The van der Waals surface area contributed by atoms with Gasteiger partial charge in [-0.3, -0.25) is 4.79 Å². The van der Waals surface area contributed by atoms with Gasteiger partial charge < -0.3 is 19.9 Å². The number of nitrogens with zero attached hydrogens (tertiary/aromatic N) is 2. The van der Waals surface area contributed by atoms with Gasteiger partial charge >= 0.3 is 6.03 Å². The van der Waals surface area contributed by atoms with Crippen molar-refractivity contribution in [3.8, 4) is 0 Å². The quantitative estimate of drug-likeness (QED) is 0.906. The van der Waals surface area contributed by atoms with Gasteiger partial charge in [0, 0.05) is 38.5 Å². The van der Waals surface area contributed by atoms with E-state index in [4.69, 9.17) is 4.74 Å². The highest BCUT2D eigenvalue weighted by Gasteiger charge is 2.27. The summed E-state index contributed by atoms with van der Waals surface area (Å²) in [5.74, 6) is -0.115. The molecule has 1 atom stereocenters. The van der Waals surface area contributed by atoms with Gasteiger partial charge in [-0.15, -0.1) is 0 Å². The van der Waals surface area contributed by atoms with E-state index in [1.807, 2.05) is 31.2 Å². The van der Waals surface area contributed by atoms with Gasteiger partial charge in [-0.1, -0.05) is 18.2 Å². The van der Waals surface area contributed by atoms with E-state index in [1.54, 1.807) is 24.0 Å². The largest absolute Gasteiger partial charge is 0.377 e. The van der Waals surface area contributed by atoms with E-state index in [0.29, 0.717) is 19.5 Å². The van der Waals surface area contributed by atoms with E-state index in [0.717, 1.165) is 11.3 Å². The second kappa shape index (κ2) is 7.26. The Labute approximate surface area is 131 Å². The molecule has 6 heteroatoms. The summed E-state index contributed by atoms with van der Waals surface area (Å²) < 4.78 is 5.58. The fourth-order valence-corrected chi connectivity index (χ4v) is 2.66. The zero-order valence-electron chi connectivity index (χ0n) is 13.3. The van der Waals surface area contributed by atoms with Crippen LogP contribution in [0.2, 0.25) is 0 Å². The third-order valence-corrected chi connectivity index (χ3v) is 3.91. The van der Waals surface area contributed by atoms with Crippen molar-refractivity contribution in [2.45, 2.75) is 19.4 Å². The van der Waals surface area contributed by atoms with Crippen LogP contribution in [0.3, 0.4) is 0 Å². The van der Waals surface area contributed by atoms with E-state index in [9.17, 15) is 9.59 Å². The van der Waals surface area contributed by atoms with Crippen LogP contribution in [0.1, 0.15) is 25.0 Å². The zero-order chi connectivity index (χ0) is 16.1. The van der Waals surface area contributed by atoms with Crippen LogP contribution in [0, 0.1) is 0 Å². The molecule has 0 radical (unpaired) electrons. The van der Waals surface area contributed by atoms with Crippen molar-refractivity contribution >= 4 is 17.6 Å². The molecule has 1 aromatic carbocycles. The van der Waals surface area contributed by atoms with Crippen molar-refractivity contribution in [1.29, 1.82) is 0 Å². The summed E-state index contributed by atoms with van der Waals surface area (Å²) in [4.78, 5) is 27.7. The second-order valence-corrected chi connectivity index (χ2v) is 5.28. The molecule has 22 heavy (non-hydrogen) atoms. The van der Waals surface area contributed by atoms with Crippen LogP contribution < -0.4 is 10.2 Å². The fraction of sp³-hybridized carbons (Fsp3) is 0.500. The Morgan fingerprint density at radius 1 is 1.41 bits per heavy atom. The molecule has 0 bridgehead atoms. The Morgan fingerprint density at radius 3 is 2.82 bits per heavy atom. The molecule has 1 N–H and O–H groups in total. The number of likely N-dealkylation sites (N-methyl/N-ethyl adjacent to an activating group) is 1. The molecule has 3 amide bonds. The molecule has 1 aromatic rings. The number of ether oxygens (including phenoxy) is 1. The van der Waals surface area contributed by atoms with Crippen LogP contribution in [0.15, 0.2) is 24.3 Å². The molecule has 1 heterocycles. The smallest absolute Gasteiger partial charge is 0.317 e. The molecular formula is C16H23N3O3. The molecule has 0 aliphatic carbocycles. The molecule has 0 fully saturated rings. The minimum absolute atomic E-state index is 0.0626. The molecule has 2 rings (SSSR count). The number of anilines is 1. The number of urea groups is 1. The fourth-order valence-electron chi connectivity index (χ4n) is 2.66. The number of hydrogen-bond donors (Lipinski definition) is 1. The summed E-state index contributed by atoms with van der Waals surface area (Å²) in [5, 5.41) is 2.75. The van der Waals surface area contributed by atoms with Gasteiger partial charge in [0.1, 0.15) is 6.54 Å². The van der Waals surface area contributed by atoms with Crippen molar-refractivity contribution in [3.63, 3.8) is 0 Å². The first-order valence-corrected chi connectivity index (χ1v) is 7.49. The number of methoxy groups -OCH3 is 1. The highest BCUT2D eigenvalue weighted by Crippen LogP contribution is 2.31. The normalized spacial score (nSPS) is 19.0. The first-order valence-electron chi connectivity index (χ1n) is 7.49. The van der Waals surface area contributed by atoms with Crippen LogP contribution in [-0.4, -0.2) is 50.6 Å². The number of amides is 3. The second-order valence-electron chi connectivity index (χ2n) is 5.28. The Balaban J connectivity index is 2.33. The molecule has 0 saturated carbocycles. The molecule has 6 nitrogen and oxygen atoms in total. The maximum Gasteiger partial charge on any atom is 0.317 e. The van der Waals surface area contributed by atoms with Crippen molar-refractivity contribution in [3.05, 3.63) is 29.8 Å². The molecule has 1 aliphatic heterocycles. The topological polar surface area (TPSA) is 61.9 Å². The van der Waals surface area contributed by atoms with Gasteiger partial charge in [-0.05, 0) is 19.4 Å². The molecule has 1 unspecified atom stereocenters. The van der Waals surface area contributed by atoms with Crippen molar-refractivity contribution in [2.75, 3.05) is 38.7 Å². The predicted octanol–water partition coefficient (Wildman–Crippen LogP) is 1.77. The summed E-state index contributed by atoms with van der Waals surface area (Å²) in [6, 6.07) is 7.48. The maximum absolute atomic E-state index is 12.5. The Kier molecular flexibility index (Phi) is 5.38. The van der Waals surface area contributed by atoms with Gasteiger partial charge in [0.05, 0.1) is 6.10 Å². The summed E-state index contributed by atoms with van der Waals surface area (Å²) in [6.45, 7) is 2.93. The Hall–Kier alpha value is -2.08. The number of benzene rings is 1. The standard InChI is InChI=1S/C16H23N3O3/c1-4-17-16(21)19-10-9-14(22-3)12-7-5-6-8-13(12)18(2)15(20)11-19/h5-8,14H,4,9-11H2,1-3H3,(H,17,21). The maximum atomic E-state index is 12.5. The van der Waals surface area contributed by atoms with Crippen molar-refractivity contribution < 1.29 is 14.3 Å². The average molecular weight is 305 g/mol. The van der Waals surface area contributed by atoms with Gasteiger partial charge in [0.25, 0.3) is 0 Å². The zero-order valence-corrected chi connectivity index (χ0v) is 13.3. The average Bonchev–Trinajstić information content (AvgIpc) is 2.58. The molecule has 0 saturated heterocycles. The third-order valence-electron chi connectivity index (χ3n) is 3.91. The Bertz CT molecular complexity index is 547. The number of fused-ring (bicyclic) bond motifs is 1. The lowest BCUT2D eigenvalue weighted by Gasteiger charge is -2.24. The first-order chi connectivity index (χ1) is 10.6. The van der Waals surface area contributed by atoms with Crippen LogP contribution >= 0.6 is 0 Å². The summed E-state index contributed by atoms with van der Waals surface area (Å²) in [7, 11) is 3.38. The number of para-hydroxylation sites is 1. The lowest BCUT2D eigenvalue weighted by molar-refractivity contribution is -0.118. The molecular weight excluding hydrogens is 282 g/mol. The number of hydrogen-bond acceptors (Lipinski definition) is 3. The summed E-state index contributed by atoms with van der Waals surface area (Å²) in [5.41, 5.74) is 1.80. The summed E-state index contributed by atoms with van der Waals surface area (Å²) in [6.07, 6.45) is 0.493. The number of nitrogens with one attached hydrogen (secondary N) is 1. The van der Waals surface area contributed by atoms with Gasteiger partial charge in [0.2, 0.25) is 5.91 Å². The predicted molar refractivity (Wildman–Crippen MR) is 84.9 cm³/mol. The number of rotatable bonds is 2. The molecule has 0 aromatic heterocycles. The highest BCUT2D eigenvalue weighted by molar-refractivity contribution is 5.96. The van der Waals surface area contributed by atoms with E-state index < -0.39 is 0 Å². The van der Waals surface area contributed by atoms with Crippen LogP contribution in [-0.2, 0) is 9.53 Å². The van der Waals surface area contributed by atoms with E-state index in [2.05, 4.69) is 5.32 Å². The monoisotopic (exact) mass is 305 g/mol. The van der Waals surface area contributed by atoms with E-state index in [1.165, 1.54) is 0 Å². The van der Waals surface area contributed by atoms with Gasteiger partial charge in [-0.25, -0.2) is 4.79 Å². The number of carbonyl (C=O) groups is 2. The lowest BCUT2D eigenvalue weighted by Crippen LogP contribution is -2.46. The van der Waals surface area contributed by atoms with Crippen molar-refractivity contribution in [2.24, 2.45) is 0 Å². The molecule has 120 valence electrons. The molecule has 0 spiro atoms. The van der Waals surface area contributed by atoms with Gasteiger partial charge in [0.15, 0.2) is 0 Å². The number of carbonyl (C=O) groups excluding carboxylic acids is 2. The van der Waals surface area contributed by atoms with Crippen molar-refractivity contribution in [1.82, 2.24) is 10.2 Å². The van der Waals surface area contributed by atoms with Crippen LogP contribution in [0.25, 0.3) is 0 Å². The van der Waals surface area contributed by atoms with Crippen LogP contribution in [0.4, 0.5) is 10.5 Å². The lowest BCUT2D eigenvalue weighted by atomic mass is 10.0. The molecule has 1 aliphatic rings. The minimum Gasteiger partial charge on any atom is -0.377 e. The Morgan fingerprint density at radius 2 is 2.14 bits per heavy atom. The highest BCUT2D eigenvalue weighted by atomic mass is 16.5. The van der Waals surface area contributed by atoms with Gasteiger partial charge in [-0.2, -0.15) is 0 Å². The SMILES string of the molecule is CCNC(=O)N1CCC(OC)c2ccccc2N(C)C(=O)C1. The van der Waals surface area contributed by atoms with E-state index in [-0.39, 0.29) is 24.6 Å². The third kappa shape index (κ3) is 3.39. The first kappa shape index (κ1) is 16.3. The minimum atomic E-state index is -0.218. The summed E-state index contributed by atoms with van der Waals surface area (Å²) >= 11 is 0. The van der Waals surface area contributed by atoms with E-state index >= 15 is 0 Å². The van der Waals surface area contributed by atoms with Crippen LogP contribution in [0.5, 0.6) is 0 Å².